The predicted molar refractivity (Wildman–Crippen MR) is 101 cm³/mol. The van der Waals surface area contributed by atoms with Gasteiger partial charge in [0.1, 0.15) is 0 Å². The highest BCUT2D eigenvalue weighted by atomic mass is 16.2. The number of anilines is 2. The fourth-order valence-electron chi connectivity index (χ4n) is 2.37. The lowest BCUT2D eigenvalue weighted by Gasteiger charge is -2.05. The first-order chi connectivity index (χ1) is 13.9. The third-order valence-electron chi connectivity index (χ3n) is 3.62. The molecule has 0 saturated carbocycles. The van der Waals surface area contributed by atoms with Crippen molar-refractivity contribution < 1.29 is 9.59 Å². The monoisotopic (exact) mass is 402 g/mol. The Hall–Kier alpha value is -4.76. The molecule has 0 aliphatic heterocycles. The van der Waals surface area contributed by atoms with Crippen molar-refractivity contribution in [1.29, 1.82) is 0 Å². The van der Waals surface area contributed by atoms with Gasteiger partial charge in [-0.15, -0.1) is 0 Å². The topological polar surface area (TPSA) is 227 Å². The highest BCUT2D eigenvalue weighted by Gasteiger charge is 2.12. The standard InChI is InChI=1S/C7H8N6O2.C6H6N6O2/c1-12-2-9-5-4(12)6(15)13(10-3-14)7(8)11-5;7-6-11-4-3(8-1-9-4)5(14)12(6)10-2-13/h2-3H,1H3,(H2,8,11)(H,10,14);1-2H,(H2,7,11)(H,8,9)(H,10,13). The van der Waals surface area contributed by atoms with Gasteiger partial charge in [0.15, 0.2) is 22.3 Å². The molecule has 0 bridgehead atoms. The smallest absolute Gasteiger partial charge is 0.300 e. The number of carbonyl (C=O) groups is 2. The van der Waals surface area contributed by atoms with E-state index in [2.05, 4.69) is 35.8 Å². The summed E-state index contributed by atoms with van der Waals surface area (Å²) in [7, 11) is 1.65. The van der Waals surface area contributed by atoms with Gasteiger partial charge in [0.2, 0.25) is 24.7 Å². The van der Waals surface area contributed by atoms with Crippen LogP contribution in [0.1, 0.15) is 0 Å². The number of H-pyrrole nitrogens is 1. The summed E-state index contributed by atoms with van der Waals surface area (Å²) in [4.78, 5) is 61.7. The number of aromatic nitrogens is 8. The molecule has 2 amide bonds. The molecule has 4 heterocycles. The molecule has 16 nitrogen and oxygen atoms in total. The summed E-state index contributed by atoms with van der Waals surface area (Å²) in [5.74, 6) is -0.236. The molecule has 0 aliphatic carbocycles. The van der Waals surface area contributed by atoms with Crippen molar-refractivity contribution in [2.75, 3.05) is 22.3 Å². The van der Waals surface area contributed by atoms with Crippen LogP contribution >= 0.6 is 0 Å². The number of nitrogens with zero attached hydrogens (tertiary/aromatic N) is 7. The summed E-state index contributed by atoms with van der Waals surface area (Å²) in [5, 5.41) is 0. The molecule has 150 valence electrons. The largest absolute Gasteiger partial charge is 0.368 e. The van der Waals surface area contributed by atoms with E-state index in [-0.39, 0.29) is 34.2 Å². The van der Waals surface area contributed by atoms with E-state index >= 15 is 0 Å². The fraction of sp³-hybridized carbons (Fsp3) is 0.0769. The highest BCUT2D eigenvalue weighted by Crippen LogP contribution is 2.05. The summed E-state index contributed by atoms with van der Waals surface area (Å²) in [6, 6.07) is 0. The van der Waals surface area contributed by atoms with E-state index in [0.717, 1.165) is 9.35 Å². The van der Waals surface area contributed by atoms with E-state index in [1.54, 1.807) is 7.05 Å². The Morgan fingerprint density at radius 1 is 0.966 bits per heavy atom. The number of aryl methyl sites for hydroxylation is 1. The van der Waals surface area contributed by atoms with Crippen LogP contribution in [0.15, 0.2) is 22.2 Å². The minimum atomic E-state index is -0.503. The normalized spacial score (nSPS) is 10.4. The number of nitrogens with two attached hydrogens (primary N) is 2. The van der Waals surface area contributed by atoms with E-state index in [0.29, 0.717) is 12.8 Å². The first-order valence-electron chi connectivity index (χ1n) is 7.70. The number of rotatable bonds is 4. The zero-order valence-electron chi connectivity index (χ0n) is 14.7. The van der Waals surface area contributed by atoms with Gasteiger partial charge >= 0.3 is 0 Å². The van der Waals surface area contributed by atoms with Crippen LogP contribution in [-0.2, 0) is 16.6 Å². The van der Waals surface area contributed by atoms with Crippen LogP contribution in [-0.4, -0.2) is 51.7 Å². The maximum absolute atomic E-state index is 11.8. The minimum absolute atomic E-state index is 0.113. The number of nitrogens with one attached hydrogen (secondary N) is 3. The average molecular weight is 402 g/mol. The average Bonchev–Trinajstić information content (AvgIpc) is 3.29. The molecule has 7 N–H and O–H groups in total. The molecular weight excluding hydrogens is 388 g/mol. The minimum Gasteiger partial charge on any atom is -0.368 e. The van der Waals surface area contributed by atoms with Gasteiger partial charge in [-0.1, -0.05) is 0 Å². The van der Waals surface area contributed by atoms with Gasteiger partial charge in [-0.25, -0.2) is 9.97 Å². The van der Waals surface area contributed by atoms with E-state index in [1.165, 1.54) is 17.2 Å². The Morgan fingerprint density at radius 3 is 2.17 bits per heavy atom. The number of fused-ring (bicyclic) bond motifs is 2. The molecule has 0 atom stereocenters. The second-order valence-electron chi connectivity index (χ2n) is 5.34. The number of nitrogen functional groups attached to an aromatic ring is 2. The molecule has 0 aromatic carbocycles. The first kappa shape index (κ1) is 19.0. The molecule has 4 aromatic heterocycles. The van der Waals surface area contributed by atoms with Gasteiger partial charge < -0.3 is 21.0 Å². The number of hydrogen-bond acceptors (Lipinski definition) is 10. The lowest BCUT2D eigenvalue weighted by Crippen LogP contribution is -2.32. The summed E-state index contributed by atoms with van der Waals surface area (Å²) in [6.45, 7) is 0. The lowest BCUT2D eigenvalue weighted by atomic mass is 10.5. The lowest BCUT2D eigenvalue weighted by molar-refractivity contribution is -0.107. The molecule has 4 rings (SSSR count). The first-order valence-corrected chi connectivity index (χ1v) is 7.70. The van der Waals surface area contributed by atoms with E-state index in [4.69, 9.17) is 11.5 Å². The Morgan fingerprint density at radius 2 is 1.55 bits per heavy atom. The zero-order valence-corrected chi connectivity index (χ0v) is 14.7. The van der Waals surface area contributed by atoms with Crippen LogP contribution < -0.4 is 33.4 Å². The number of hydrogen-bond donors (Lipinski definition) is 5. The van der Waals surface area contributed by atoms with Gasteiger partial charge in [-0.05, 0) is 0 Å². The van der Waals surface area contributed by atoms with Crippen LogP contribution in [0.3, 0.4) is 0 Å². The molecule has 29 heavy (non-hydrogen) atoms. The predicted octanol–water partition coefficient (Wildman–Crippen LogP) is -3.19. The number of carbonyl (C=O) groups excluding carboxylic acids is 2. The molecule has 0 fully saturated rings. The summed E-state index contributed by atoms with van der Waals surface area (Å²) >= 11 is 0. The number of imidazole rings is 2. The van der Waals surface area contributed by atoms with Gasteiger partial charge in [0, 0.05) is 7.05 Å². The van der Waals surface area contributed by atoms with Crippen LogP contribution in [0.2, 0.25) is 0 Å². The van der Waals surface area contributed by atoms with Crippen LogP contribution in [0.4, 0.5) is 11.9 Å². The van der Waals surface area contributed by atoms with Crippen molar-refractivity contribution in [1.82, 2.24) is 38.8 Å². The van der Waals surface area contributed by atoms with Gasteiger partial charge in [0.05, 0.1) is 12.7 Å². The molecule has 16 heteroatoms. The van der Waals surface area contributed by atoms with Crippen molar-refractivity contribution in [3.8, 4) is 0 Å². The molecule has 0 saturated heterocycles. The third-order valence-corrected chi connectivity index (χ3v) is 3.62. The molecule has 0 spiro atoms. The van der Waals surface area contributed by atoms with Crippen molar-refractivity contribution in [2.45, 2.75) is 0 Å². The number of amides is 2. The van der Waals surface area contributed by atoms with E-state index < -0.39 is 11.1 Å². The molecular formula is C13H14N12O4. The van der Waals surface area contributed by atoms with Gasteiger partial charge in [-0.2, -0.15) is 19.3 Å². The van der Waals surface area contributed by atoms with E-state index in [1.807, 2.05) is 0 Å². The Labute approximate surface area is 159 Å². The second kappa shape index (κ2) is 7.47. The summed E-state index contributed by atoms with van der Waals surface area (Å²) in [5.41, 5.74) is 15.1. The molecule has 0 radical (unpaired) electrons. The van der Waals surface area contributed by atoms with Crippen LogP contribution in [0.25, 0.3) is 22.3 Å². The Balaban J connectivity index is 0.000000166. The van der Waals surface area contributed by atoms with Gasteiger partial charge in [0.25, 0.3) is 11.1 Å². The molecule has 0 aliphatic rings. The zero-order chi connectivity index (χ0) is 21.1. The Bertz CT molecular complexity index is 1330. The van der Waals surface area contributed by atoms with E-state index in [9.17, 15) is 19.2 Å². The maximum Gasteiger partial charge on any atom is 0.300 e. The Kier molecular flexibility index (Phi) is 4.89. The SMILES string of the molecule is Cn1cnc2nc(N)n(NC=O)c(=O)c21.Nc1nc2nc[nH]c2c(=O)n1NC=O. The summed E-state index contributed by atoms with van der Waals surface area (Å²) < 4.78 is 3.19. The van der Waals surface area contributed by atoms with Crippen LogP contribution in [0, 0.1) is 0 Å². The number of aromatic amines is 1. The molecule has 0 unspecified atom stereocenters. The van der Waals surface area contributed by atoms with Crippen molar-refractivity contribution >= 4 is 47.0 Å². The highest BCUT2D eigenvalue weighted by molar-refractivity contribution is 5.72. The third kappa shape index (κ3) is 3.31. The van der Waals surface area contributed by atoms with Crippen LogP contribution in [0.5, 0.6) is 0 Å². The van der Waals surface area contributed by atoms with Crippen molar-refractivity contribution in [2.24, 2.45) is 7.05 Å². The second-order valence-corrected chi connectivity index (χ2v) is 5.34. The summed E-state index contributed by atoms with van der Waals surface area (Å²) in [6.07, 6.45) is 3.46. The molecule has 4 aromatic rings. The van der Waals surface area contributed by atoms with Crippen molar-refractivity contribution in [3.63, 3.8) is 0 Å². The van der Waals surface area contributed by atoms with Gasteiger partial charge in [-0.3, -0.25) is 30.0 Å². The quantitative estimate of drug-likeness (QED) is 0.215. The maximum atomic E-state index is 11.8. The van der Waals surface area contributed by atoms with Crippen molar-refractivity contribution in [3.05, 3.63) is 33.4 Å². The fourth-order valence-corrected chi connectivity index (χ4v) is 2.37.